The number of hydrogen-bond acceptors (Lipinski definition) is 2. The Morgan fingerprint density at radius 3 is 0.598 bits per heavy atom. The molecule has 0 aliphatic rings. The van der Waals surface area contributed by atoms with Gasteiger partial charge >= 0.3 is 0 Å². The van der Waals surface area contributed by atoms with Gasteiger partial charge in [0.2, 0.25) is 0 Å². The van der Waals surface area contributed by atoms with Gasteiger partial charge in [0.15, 0.2) is 0 Å². The van der Waals surface area contributed by atoms with Crippen molar-refractivity contribution >= 4 is 121 Å². The van der Waals surface area contributed by atoms with Crippen LogP contribution in [0.3, 0.4) is 0 Å². The predicted molar refractivity (Wildman–Crippen MR) is 458 cm³/mol. The largest absolute Gasteiger partial charge is 0.310 e. The van der Waals surface area contributed by atoms with Crippen LogP contribution in [0.1, 0.15) is 61.2 Å². The van der Waals surface area contributed by atoms with Crippen molar-refractivity contribution in [3.63, 3.8) is 0 Å². The normalized spacial score (nSPS) is 11.5. The summed E-state index contributed by atoms with van der Waals surface area (Å²) in [5.41, 5.74) is 35.4. The minimum atomic E-state index is 1.13. The highest BCUT2D eigenvalue weighted by atomic mass is 15.2. The van der Waals surface area contributed by atoms with Crippen LogP contribution in [0.25, 0.3) is 110 Å². The Balaban J connectivity index is 0.000000118. The van der Waals surface area contributed by atoms with Crippen molar-refractivity contribution in [2.24, 2.45) is 0 Å². The number of benzene rings is 15. The third kappa shape index (κ3) is 12.7. The van der Waals surface area contributed by atoms with E-state index >= 15 is 0 Å². The molecule has 0 saturated carbocycles. The van der Waals surface area contributed by atoms with E-state index in [1.807, 2.05) is 0 Å². The first kappa shape index (κ1) is 67.3. The van der Waals surface area contributed by atoms with Crippen LogP contribution in [-0.4, -0.2) is 18.3 Å². The molecule has 6 nitrogen and oxygen atoms in total. The molecular weight excluding hydrogens is 1300 g/mol. The van der Waals surface area contributed by atoms with Crippen LogP contribution < -0.4 is 9.80 Å². The Morgan fingerprint density at radius 2 is 0.355 bits per heavy atom. The van der Waals surface area contributed by atoms with Crippen molar-refractivity contribution in [3.05, 3.63) is 383 Å². The molecule has 0 amide bonds. The monoisotopic (exact) mass is 1380 g/mol. The second-order valence-electron chi connectivity index (χ2n) is 29.6. The van der Waals surface area contributed by atoms with Crippen molar-refractivity contribution in [3.8, 4) is 22.7 Å². The van der Waals surface area contributed by atoms with Gasteiger partial charge in [0.25, 0.3) is 0 Å². The topological polar surface area (TPSA) is 26.2 Å². The summed E-state index contributed by atoms with van der Waals surface area (Å²) in [6.45, 7) is 23.8. The highest BCUT2D eigenvalue weighted by Crippen LogP contribution is 2.44. The highest BCUT2D eigenvalue weighted by molar-refractivity contribution is 6.13. The second-order valence-corrected chi connectivity index (χ2v) is 29.6. The number of anilines is 6. The first-order valence-corrected chi connectivity index (χ1v) is 37.3. The van der Waals surface area contributed by atoms with Crippen LogP contribution in [0.15, 0.2) is 322 Å². The molecule has 4 heterocycles. The quantitative estimate of drug-likeness (QED) is 0.136. The van der Waals surface area contributed by atoms with E-state index in [1.54, 1.807) is 0 Å². The van der Waals surface area contributed by atoms with Crippen molar-refractivity contribution in [2.45, 2.75) is 76.2 Å². The SMILES string of the molecule is Cc1cc(-n2c3ccc(C)cc3c3cc(C)ccc32)cc(-n2c3ccc(C)cc3c3cc(C)ccc32)c1.Cc1cc(-n2c3ccccc3c3ccccc32)cc(-n2c3ccccc3c3ccccc32)c1.Cc1ccc(N(c2ccc(C)cc2)c2cc(C)cc(N(c3ccc(C)cc3)c3ccc(C)cc3)c2)cc1. The summed E-state index contributed by atoms with van der Waals surface area (Å²) in [4.78, 5) is 4.69. The lowest BCUT2D eigenvalue weighted by Gasteiger charge is -2.30. The molecule has 6 heteroatoms. The summed E-state index contributed by atoms with van der Waals surface area (Å²) in [5.74, 6) is 0. The standard InChI is InChI=1S/C35H30N2.C35H34N2.C31H22N2/c1-21-6-10-32-28(16-21)29-17-22(2)7-11-33(29)36(32)26-14-25(5)15-27(20-26)37-34-12-8-23(3)18-30(34)31-19-24(4)9-13-35(31)37;1-25-6-14-30(15-7-25)36(31-16-8-26(2)9-17-31)34-22-29(5)23-35(24-34)37(32-18-10-27(3)11-19-32)33-20-12-28(4)13-21-33;1-21-18-22(32-28-14-6-2-10-24(28)25-11-3-7-15-29(25)32)20-23(19-21)33-30-16-8-4-12-26(30)27-13-5-9-17-31(27)33/h6-20H,1-5H3;6-24H,1-5H3;2-20H,1H3. The Bertz CT molecular complexity index is 5910. The van der Waals surface area contributed by atoms with Crippen molar-refractivity contribution in [2.75, 3.05) is 9.80 Å². The third-order valence-electron chi connectivity index (χ3n) is 21.2. The Kier molecular flexibility index (Phi) is 17.4. The first-order chi connectivity index (χ1) is 52.0. The minimum Gasteiger partial charge on any atom is -0.310 e. The number of aromatic nitrogens is 4. The molecule has 15 aromatic carbocycles. The fraction of sp³-hybridized carbons (Fsp3) is 0.109. The van der Waals surface area contributed by atoms with Crippen molar-refractivity contribution in [1.82, 2.24) is 18.3 Å². The summed E-state index contributed by atoms with van der Waals surface area (Å²) in [6, 6.07) is 118. The van der Waals surface area contributed by atoms with Crippen LogP contribution >= 0.6 is 0 Å². The number of fused-ring (bicyclic) bond motifs is 12. The number of hydrogen-bond donors (Lipinski definition) is 0. The molecule has 0 radical (unpaired) electrons. The molecule has 107 heavy (non-hydrogen) atoms. The number of nitrogens with zero attached hydrogens (tertiary/aromatic N) is 6. The maximum atomic E-state index is 2.43. The van der Waals surface area contributed by atoms with Gasteiger partial charge in [0, 0.05) is 100.0 Å². The molecule has 0 aliphatic heterocycles. The number of aryl methyl sites for hydroxylation is 11. The molecule has 0 N–H and O–H groups in total. The zero-order chi connectivity index (χ0) is 73.3. The van der Waals surface area contributed by atoms with Gasteiger partial charge in [0.1, 0.15) is 0 Å². The molecule has 0 saturated heterocycles. The van der Waals surface area contributed by atoms with Crippen LogP contribution in [0.5, 0.6) is 0 Å². The summed E-state index contributed by atoms with van der Waals surface area (Å²) >= 11 is 0. The lowest BCUT2D eigenvalue weighted by atomic mass is 10.1. The molecule has 0 atom stereocenters. The number of rotatable bonds is 10. The summed E-state index contributed by atoms with van der Waals surface area (Å²) in [5, 5.41) is 10.4. The van der Waals surface area contributed by atoms with E-state index in [2.05, 4.69) is 426 Å². The van der Waals surface area contributed by atoms with E-state index < -0.39 is 0 Å². The van der Waals surface area contributed by atoms with Gasteiger partial charge < -0.3 is 28.1 Å². The number of para-hydroxylation sites is 4. The summed E-state index contributed by atoms with van der Waals surface area (Å²) in [7, 11) is 0. The smallest absolute Gasteiger partial charge is 0.0541 e. The Hall–Kier alpha value is -12.9. The average molecular weight is 1380 g/mol. The summed E-state index contributed by atoms with van der Waals surface area (Å²) in [6.07, 6.45) is 0. The Morgan fingerprint density at radius 1 is 0.150 bits per heavy atom. The van der Waals surface area contributed by atoms with Crippen molar-refractivity contribution in [1.29, 1.82) is 0 Å². The molecule has 0 unspecified atom stereocenters. The lowest BCUT2D eigenvalue weighted by Crippen LogP contribution is -2.13. The van der Waals surface area contributed by atoms with Gasteiger partial charge in [-0.15, -0.1) is 0 Å². The molecular formula is C101H86N6. The molecule has 4 aromatic heterocycles. The Labute approximate surface area is 627 Å². The lowest BCUT2D eigenvalue weighted by molar-refractivity contribution is 1.12. The van der Waals surface area contributed by atoms with E-state index in [-0.39, 0.29) is 0 Å². The van der Waals surface area contributed by atoms with Crippen molar-refractivity contribution < 1.29 is 0 Å². The van der Waals surface area contributed by atoms with Crippen LogP contribution in [-0.2, 0) is 0 Å². The van der Waals surface area contributed by atoms with E-state index in [0.29, 0.717) is 0 Å². The second kappa shape index (κ2) is 27.6. The van der Waals surface area contributed by atoms with Gasteiger partial charge in [0.05, 0.1) is 44.1 Å². The van der Waals surface area contributed by atoms with Gasteiger partial charge in [-0.05, 0) is 269 Å². The summed E-state index contributed by atoms with van der Waals surface area (Å²) < 4.78 is 9.66. The van der Waals surface area contributed by atoms with Gasteiger partial charge in [-0.1, -0.05) is 190 Å². The van der Waals surface area contributed by atoms with E-state index in [4.69, 9.17) is 0 Å². The van der Waals surface area contributed by atoms with E-state index in [0.717, 1.165) is 34.1 Å². The average Bonchev–Trinajstić information content (AvgIpc) is 1.59. The molecule has 0 bridgehead atoms. The van der Waals surface area contributed by atoms with Crippen LogP contribution in [0, 0.1) is 76.2 Å². The zero-order valence-electron chi connectivity index (χ0n) is 62.8. The van der Waals surface area contributed by atoms with Gasteiger partial charge in [-0.3, -0.25) is 0 Å². The highest BCUT2D eigenvalue weighted by Gasteiger charge is 2.22. The molecule has 0 fully saturated rings. The van der Waals surface area contributed by atoms with Gasteiger partial charge in [-0.25, -0.2) is 0 Å². The fourth-order valence-corrected chi connectivity index (χ4v) is 16.1. The molecule has 19 aromatic rings. The molecule has 520 valence electrons. The molecule has 19 rings (SSSR count). The van der Waals surface area contributed by atoms with Gasteiger partial charge in [-0.2, -0.15) is 0 Å². The minimum absolute atomic E-state index is 1.13. The third-order valence-corrected chi connectivity index (χ3v) is 21.2. The predicted octanol–water partition coefficient (Wildman–Crippen LogP) is 27.8. The maximum Gasteiger partial charge on any atom is 0.0541 e. The maximum absolute atomic E-state index is 2.43. The van der Waals surface area contributed by atoms with E-state index in [9.17, 15) is 0 Å². The first-order valence-electron chi connectivity index (χ1n) is 37.3. The zero-order valence-corrected chi connectivity index (χ0v) is 62.8. The van der Waals surface area contributed by atoms with Crippen LogP contribution in [0.2, 0.25) is 0 Å². The molecule has 0 aliphatic carbocycles. The molecule has 0 spiro atoms. The fourth-order valence-electron chi connectivity index (χ4n) is 16.1. The van der Waals surface area contributed by atoms with Crippen LogP contribution in [0.4, 0.5) is 34.1 Å². The van der Waals surface area contributed by atoms with E-state index in [1.165, 1.54) is 171 Å².